The molecule has 0 aromatic rings. The maximum Gasteiger partial charge on any atom is 2.00 e. The number of aliphatic imine (C=N–C) groups is 2. The van der Waals surface area contributed by atoms with Crippen molar-refractivity contribution in [3.8, 4) is 24.8 Å². The van der Waals surface area contributed by atoms with Crippen molar-refractivity contribution in [2.75, 3.05) is 0 Å². The van der Waals surface area contributed by atoms with Crippen molar-refractivity contribution in [1.29, 1.82) is 21.0 Å². The summed E-state index contributed by atoms with van der Waals surface area (Å²) in [6.45, 7) is 4.86. The van der Waals surface area contributed by atoms with Crippen LogP contribution in [0.2, 0.25) is 0 Å². The van der Waals surface area contributed by atoms with Crippen molar-refractivity contribution in [2.24, 2.45) is 44.4 Å². The fourth-order valence-corrected chi connectivity index (χ4v) is 0.115. The van der Waals surface area contributed by atoms with Crippen molar-refractivity contribution in [2.45, 2.75) is 26.7 Å². The van der Waals surface area contributed by atoms with Crippen molar-refractivity contribution in [1.82, 2.24) is 0 Å². The predicted octanol–water partition coefficient (Wildman–Crippen LogP) is -2.81. The Kier molecular flexibility index (Phi) is 143. The van der Waals surface area contributed by atoms with Gasteiger partial charge in [-0.2, -0.15) is 21.0 Å². The van der Waals surface area contributed by atoms with Crippen LogP contribution in [0, 0.1) is 45.8 Å². The molecule has 0 heterocycles. The smallest absolute Gasteiger partial charge is 0.870 e. The van der Waals surface area contributed by atoms with Gasteiger partial charge >= 0.3 is 37.7 Å². The van der Waals surface area contributed by atoms with Gasteiger partial charge in [0.25, 0.3) is 0 Å². The molecule has 0 amide bonds. The number of unbranched alkanes of at least 4 members (excludes halogenated alkanes) is 1. The number of hydrogen-bond acceptors (Lipinski definition) is 10. The van der Waals surface area contributed by atoms with Crippen LogP contribution >= 0.6 is 0 Å². The van der Waals surface area contributed by atoms with Crippen LogP contribution in [0.4, 0.5) is 0 Å². The molecule has 0 aliphatic heterocycles. The number of aliphatic hydroxyl groups excluding tert-OH is 1. The van der Waals surface area contributed by atoms with Crippen LogP contribution < -0.4 is 34.4 Å². The van der Waals surface area contributed by atoms with E-state index < -0.39 is 0 Å². The van der Waals surface area contributed by atoms with Gasteiger partial charge in [0.05, 0.1) is 0 Å². The average molecular weight is 412 g/mol. The molecule has 27 heavy (non-hydrogen) atoms. The third-order valence-electron chi connectivity index (χ3n) is 0.858. The van der Waals surface area contributed by atoms with Crippen LogP contribution in [0.3, 0.4) is 0 Å². The first kappa shape index (κ1) is 49.6. The van der Waals surface area contributed by atoms with Gasteiger partial charge in [-0.15, -0.1) is 9.98 Å². The molecule has 0 aromatic heterocycles. The summed E-state index contributed by atoms with van der Waals surface area (Å²) < 4.78 is 0. The van der Waals surface area contributed by atoms with E-state index in [1.54, 1.807) is 0 Å². The standard InChI is InChI=1S/C4H10.2C2H4N4.2CH2N2.CHO2.Ca.H2O/c1-3-4-2;2*3-1-6-2(4)5;3*2-1-3;;/h3-4H2,1-2H3;2*(H4,4,5,6);2*2H2;(H,2,3);;1H2/q;;;;;-1;+2;/p-1. The molecular formula is C11H24CaN12O3. The van der Waals surface area contributed by atoms with E-state index in [-0.39, 0.29) is 55.1 Å². The van der Waals surface area contributed by atoms with E-state index in [4.69, 9.17) is 53.9 Å². The first-order valence-corrected chi connectivity index (χ1v) is 5.86. The number of rotatable bonds is 1. The van der Waals surface area contributed by atoms with Gasteiger partial charge in [0, 0.05) is 0 Å². The van der Waals surface area contributed by atoms with Crippen LogP contribution in [0.5, 0.6) is 0 Å². The Morgan fingerprint density at radius 2 is 1.04 bits per heavy atom. The summed E-state index contributed by atoms with van der Waals surface area (Å²) >= 11 is 0. The molecular weight excluding hydrogens is 388 g/mol. The Morgan fingerprint density at radius 3 is 1.04 bits per heavy atom. The zero-order valence-electron chi connectivity index (χ0n) is 15.1. The second kappa shape index (κ2) is 77.8. The van der Waals surface area contributed by atoms with Crippen LogP contribution in [0.15, 0.2) is 9.98 Å². The number of hydrogen-bond donors (Lipinski definition) is 7. The maximum atomic E-state index is 8.24. The molecule has 0 saturated heterocycles. The number of nitrogens with two attached hydrogens (primary N) is 6. The van der Waals surface area contributed by atoms with Crippen molar-refractivity contribution >= 4 is 56.1 Å². The quantitative estimate of drug-likeness (QED) is 0.0571. The molecule has 0 aliphatic carbocycles. The topological polar surface area (TPSA) is 343 Å². The SMILES string of the molecule is CCCC.N#CN.N#CN.N#CN=C(N)N.N#CN=C(N)N.O=[C-]O.[Ca+2].[OH-]. The molecule has 0 spiro atoms. The van der Waals surface area contributed by atoms with Gasteiger partial charge in [-0.1, -0.05) is 33.2 Å². The second-order valence-electron chi connectivity index (χ2n) is 2.62. The summed E-state index contributed by atoms with van der Waals surface area (Å²) in [6, 6.07) is 0. The van der Waals surface area contributed by atoms with E-state index in [1.165, 1.54) is 37.6 Å². The van der Waals surface area contributed by atoms with E-state index in [1.807, 2.05) is 0 Å². The van der Waals surface area contributed by atoms with Gasteiger partial charge in [-0.25, -0.2) is 0 Å². The van der Waals surface area contributed by atoms with Crippen LogP contribution in [0.1, 0.15) is 26.7 Å². The Labute approximate surface area is 187 Å². The largest absolute Gasteiger partial charge is 2.00 e. The molecule has 0 rings (SSSR count). The minimum absolute atomic E-state index is 0. The van der Waals surface area contributed by atoms with Gasteiger partial charge in [0.2, 0.25) is 24.3 Å². The Bertz CT molecular complexity index is 435. The molecule has 15 nitrogen and oxygen atoms in total. The fourth-order valence-electron chi connectivity index (χ4n) is 0.115. The summed E-state index contributed by atoms with van der Waals surface area (Å²) in [5.74, 6) is -0.394. The molecule has 0 atom stereocenters. The Hall–Kier alpha value is -3.21. The van der Waals surface area contributed by atoms with Gasteiger partial charge < -0.3 is 49.8 Å². The van der Waals surface area contributed by atoms with Crippen LogP contribution in [-0.2, 0) is 4.79 Å². The van der Waals surface area contributed by atoms with Crippen molar-refractivity contribution in [3.05, 3.63) is 0 Å². The number of nitrogens with zero attached hydrogens (tertiary/aromatic N) is 6. The fraction of sp³-hybridized carbons (Fsp3) is 0.364. The normalized spacial score (nSPS) is 4.67. The summed E-state index contributed by atoms with van der Waals surface area (Å²) in [5, 5.41) is 36.2. The van der Waals surface area contributed by atoms with Crippen LogP contribution in [0.25, 0.3) is 0 Å². The minimum Gasteiger partial charge on any atom is -0.870 e. The van der Waals surface area contributed by atoms with Gasteiger partial charge in [0.15, 0.2) is 12.4 Å². The number of nitriles is 4. The summed E-state index contributed by atoms with van der Waals surface area (Å²) in [5.41, 5.74) is 27.1. The minimum atomic E-state index is -0.197. The van der Waals surface area contributed by atoms with E-state index in [9.17, 15) is 0 Å². The molecule has 0 aromatic carbocycles. The Balaban J connectivity index is -0.0000000271. The summed E-state index contributed by atoms with van der Waals surface area (Å²) in [7, 11) is 0. The summed E-state index contributed by atoms with van der Waals surface area (Å²) in [6.07, 6.45) is 7.95. The molecule has 0 fully saturated rings. The molecule has 0 unspecified atom stereocenters. The van der Waals surface area contributed by atoms with Gasteiger partial charge in [-0.05, 0) is 0 Å². The van der Waals surface area contributed by atoms with E-state index in [0.717, 1.165) is 0 Å². The number of guanidine groups is 2. The zero-order chi connectivity index (χ0) is 21.5. The van der Waals surface area contributed by atoms with E-state index >= 15 is 0 Å². The average Bonchev–Trinajstić information content (AvgIpc) is 2.50. The Morgan fingerprint density at radius 1 is 0.889 bits per heavy atom. The third-order valence-corrected chi connectivity index (χ3v) is 0.858. The summed E-state index contributed by atoms with van der Waals surface area (Å²) in [4.78, 5) is 14.0. The first-order valence-electron chi connectivity index (χ1n) is 5.86. The second-order valence-corrected chi connectivity index (χ2v) is 2.62. The molecule has 0 saturated carbocycles. The van der Waals surface area contributed by atoms with Crippen molar-refractivity contribution < 1.29 is 15.4 Å². The van der Waals surface area contributed by atoms with Crippen LogP contribution in [-0.4, -0.2) is 66.7 Å². The van der Waals surface area contributed by atoms with Gasteiger partial charge in [0.1, 0.15) is 0 Å². The first-order chi connectivity index (χ1) is 11.7. The zero-order valence-corrected chi connectivity index (χ0v) is 17.3. The van der Waals surface area contributed by atoms with E-state index in [0.29, 0.717) is 6.47 Å². The van der Waals surface area contributed by atoms with Crippen molar-refractivity contribution in [3.63, 3.8) is 0 Å². The maximum absolute atomic E-state index is 8.24. The molecule has 0 aliphatic rings. The third kappa shape index (κ3) is 686. The molecule has 0 radical (unpaired) electrons. The predicted molar refractivity (Wildman–Crippen MR) is 99.0 cm³/mol. The molecule has 16 heteroatoms. The molecule has 14 N–H and O–H groups in total. The molecule has 148 valence electrons. The monoisotopic (exact) mass is 412 g/mol. The van der Waals surface area contributed by atoms with E-state index in [2.05, 4.69) is 35.3 Å². The molecule has 0 bridgehead atoms. The van der Waals surface area contributed by atoms with Gasteiger partial charge in [-0.3, -0.25) is 0 Å².